The number of hydrogen-bond acceptors (Lipinski definition) is 2. The maximum atomic E-state index is 13.0. The zero-order valence-corrected chi connectivity index (χ0v) is 17.3. The number of aryl methyl sites for hydroxylation is 1. The summed E-state index contributed by atoms with van der Waals surface area (Å²) in [5, 5.41) is 2.99. The van der Waals surface area contributed by atoms with E-state index in [1.807, 2.05) is 69.3 Å². The van der Waals surface area contributed by atoms with E-state index in [1.165, 1.54) is 0 Å². The van der Waals surface area contributed by atoms with Crippen LogP contribution in [0.5, 0.6) is 0 Å². The van der Waals surface area contributed by atoms with Crippen molar-refractivity contribution in [3.05, 3.63) is 71.3 Å². The third-order valence-electron chi connectivity index (χ3n) is 4.72. The van der Waals surface area contributed by atoms with Crippen LogP contribution in [0.4, 0.5) is 0 Å². The van der Waals surface area contributed by atoms with Gasteiger partial charge >= 0.3 is 0 Å². The molecular formula is C24H32N2O2. The molecule has 0 aromatic heterocycles. The molecule has 0 aliphatic carbocycles. The highest BCUT2D eigenvalue weighted by Crippen LogP contribution is 2.17. The predicted octanol–water partition coefficient (Wildman–Crippen LogP) is 4.26. The number of amides is 2. The van der Waals surface area contributed by atoms with Gasteiger partial charge in [0.25, 0.3) is 0 Å². The van der Waals surface area contributed by atoms with E-state index in [4.69, 9.17) is 0 Å². The van der Waals surface area contributed by atoms with Gasteiger partial charge in [0.15, 0.2) is 0 Å². The Hall–Kier alpha value is -2.62. The number of hydrogen-bond donors (Lipinski definition) is 1. The topological polar surface area (TPSA) is 49.4 Å². The van der Waals surface area contributed by atoms with Crippen LogP contribution in [-0.2, 0) is 22.6 Å². The van der Waals surface area contributed by atoms with Crippen LogP contribution in [0.3, 0.4) is 0 Å². The Kier molecular flexibility index (Phi) is 8.73. The molecule has 0 spiro atoms. The SMILES string of the molecule is CCCNC(=O)[C@H](Cc1ccccc1)N(Cc1cccc(C)c1)C(=O)CCC. The molecule has 1 atom stereocenters. The van der Waals surface area contributed by atoms with Crippen molar-refractivity contribution >= 4 is 11.8 Å². The van der Waals surface area contributed by atoms with Crippen molar-refractivity contribution in [2.75, 3.05) is 6.54 Å². The summed E-state index contributed by atoms with van der Waals surface area (Å²) in [5.74, 6) is -0.0561. The molecule has 0 fully saturated rings. The molecule has 0 aliphatic heterocycles. The number of benzene rings is 2. The molecule has 2 aromatic rings. The molecule has 2 rings (SSSR count). The van der Waals surface area contributed by atoms with Gasteiger partial charge in [0.1, 0.15) is 6.04 Å². The minimum absolute atomic E-state index is 0.0246. The first kappa shape index (κ1) is 21.7. The third kappa shape index (κ3) is 6.52. The molecule has 2 amide bonds. The first-order chi connectivity index (χ1) is 13.5. The van der Waals surface area contributed by atoms with Crippen molar-refractivity contribution in [1.29, 1.82) is 0 Å². The molecule has 0 saturated carbocycles. The maximum absolute atomic E-state index is 13.0. The van der Waals surface area contributed by atoms with E-state index in [0.717, 1.165) is 29.5 Å². The van der Waals surface area contributed by atoms with E-state index in [0.29, 0.717) is 25.9 Å². The lowest BCUT2D eigenvalue weighted by Crippen LogP contribution is -2.50. The highest BCUT2D eigenvalue weighted by Gasteiger charge is 2.29. The van der Waals surface area contributed by atoms with Gasteiger partial charge < -0.3 is 10.2 Å². The quantitative estimate of drug-likeness (QED) is 0.669. The van der Waals surface area contributed by atoms with Gasteiger partial charge in [-0.1, -0.05) is 74.0 Å². The second-order valence-electron chi connectivity index (χ2n) is 7.26. The molecule has 0 radical (unpaired) electrons. The van der Waals surface area contributed by atoms with Crippen LogP contribution in [0.15, 0.2) is 54.6 Å². The van der Waals surface area contributed by atoms with Gasteiger partial charge in [-0.2, -0.15) is 0 Å². The van der Waals surface area contributed by atoms with Crippen molar-refractivity contribution in [2.45, 2.75) is 59.0 Å². The van der Waals surface area contributed by atoms with E-state index >= 15 is 0 Å². The molecule has 0 unspecified atom stereocenters. The number of rotatable bonds is 10. The molecule has 4 heteroatoms. The van der Waals surface area contributed by atoms with E-state index in [-0.39, 0.29) is 11.8 Å². The van der Waals surface area contributed by atoms with Crippen LogP contribution < -0.4 is 5.32 Å². The van der Waals surface area contributed by atoms with Gasteiger partial charge in [-0.05, 0) is 30.9 Å². The summed E-state index contributed by atoms with van der Waals surface area (Å²) in [7, 11) is 0. The van der Waals surface area contributed by atoms with Crippen LogP contribution in [0.2, 0.25) is 0 Å². The van der Waals surface area contributed by atoms with Gasteiger partial charge in [-0.15, -0.1) is 0 Å². The smallest absolute Gasteiger partial charge is 0.243 e. The van der Waals surface area contributed by atoms with Gasteiger partial charge in [0, 0.05) is 25.9 Å². The normalized spacial score (nSPS) is 11.7. The first-order valence-corrected chi connectivity index (χ1v) is 10.2. The van der Waals surface area contributed by atoms with Gasteiger partial charge in [-0.3, -0.25) is 9.59 Å². The summed E-state index contributed by atoms with van der Waals surface area (Å²) in [5.41, 5.74) is 3.25. The van der Waals surface area contributed by atoms with Crippen molar-refractivity contribution in [2.24, 2.45) is 0 Å². The number of nitrogens with zero attached hydrogens (tertiary/aromatic N) is 1. The molecule has 1 N–H and O–H groups in total. The molecular weight excluding hydrogens is 348 g/mol. The molecule has 2 aromatic carbocycles. The molecule has 0 saturated heterocycles. The van der Waals surface area contributed by atoms with Crippen molar-refractivity contribution in [3.63, 3.8) is 0 Å². The first-order valence-electron chi connectivity index (χ1n) is 10.2. The zero-order valence-electron chi connectivity index (χ0n) is 17.3. The van der Waals surface area contributed by atoms with Crippen molar-refractivity contribution in [3.8, 4) is 0 Å². The lowest BCUT2D eigenvalue weighted by molar-refractivity contribution is -0.141. The van der Waals surface area contributed by atoms with Crippen LogP contribution in [-0.4, -0.2) is 29.3 Å². The number of carbonyl (C=O) groups excluding carboxylic acids is 2. The summed E-state index contributed by atoms with van der Waals surface area (Å²) in [6, 6.07) is 17.5. The van der Waals surface area contributed by atoms with Gasteiger partial charge in [0.05, 0.1) is 0 Å². The lowest BCUT2D eigenvalue weighted by Gasteiger charge is -2.31. The zero-order chi connectivity index (χ0) is 20.4. The molecule has 28 heavy (non-hydrogen) atoms. The highest BCUT2D eigenvalue weighted by atomic mass is 16.2. The van der Waals surface area contributed by atoms with Crippen LogP contribution in [0.1, 0.15) is 49.8 Å². The Labute approximate surface area is 169 Å². The predicted molar refractivity (Wildman–Crippen MR) is 114 cm³/mol. The number of nitrogens with one attached hydrogen (secondary N) is 1. The summed E-state index contributed by atoms with van der Waals surface area (Å²) >= 11 is 0. The van der Waals surface area contributed by atoms with Crippen LogP contribution >= 0.6 is 0 Å². The fourth-order valence-corrected chi connectivity index (χ4v) is 3.28. The minimum Gasteiger partial charge on any atom is -0.354 e. The Bertz CT molecular complexity index is 758. The standard InChI is InChI=1S/C24H32N2O2/c1-4-10-23(27)26(18-21-14-9-11-19(3)16-21)22(24(28)25-15-5-2)17-20-12-7-6-8-13-20/h6-9,11-14,16,22H,4-5,10,15,17-18H2,1-3H3,(H,25,28)/t22-/m0/s1. The Balaban J connectivity index is 2.34. The highest BCUT2D eigenvalue weighted by molar-refractivity contribution is 5.88. The fraction of sp³-hybridized carbons (Fsp3) is 0.417. The third-order valence-corrected chi connectivity index (χ3v) is 4.72. The summed E-state index contributed by atoms with van der Waals surface area (Å²) in [4.78, 5) is 27.8. The fourth-order valence-electron chi connectivity index (χ4n) is 3.28. The average molecular weight is 381 g/mol. The van der Waals surface area contributed by atoms with Gasteiger partial charge in [-0.25, -0.2) is 0 Å². The van der Waals surface area contributed by atoms with E-state index in [2.05, 4.69) is 11.4 Å². The molecule has 150 valence electrons. The average Bonchev–Trinajstić information content (AvgIpc) is 2.69. The Morgan fingerprint density at radius 3 is 2.32 bits per heavy atom. The molecule has 0 heterocycles. The Morgan fingerprint density at radius 2 is 1.68 bits per heavy atom. The largest absolute Gasteiger partial charge is 0.354 e. The second-order valence-corrected chi connectivity index (χ2v) is 7.26. The van der Waals surface area contributed by atoms with Crippen molar-refractivity contribution < 1.29 is 9.59 Å². The molecule has 4 nitrogen and oxygen atoms in total. The van der Waals surface area contributed by atoms with E-state index in [1.54, 1.807) is 4.90 Å². The minimum atomic E-state index is -0.520. The monoisotopic (exact) mass is 380 g/mol. The van der Waals surface area contributed by atoms with Gasteiger partial charge in [0.2, 0.25) is 11.8 Å². The summed E-state index contributed by atoms with van der Waals surface area (Å²) < 4.78 is 0. The second kappa shape index (κ2) is 11.3. The van der Waals surface area contributed by atoms with E-state index < -0.39 is 6.04 Å². The molecule has 0 aliphatic rings. The lowest BCUT2D eigenvalue weighted by atomic mass is 10.0. The summed E-state index contributed by atoms with van der Waals surface area (Å²) in [6.07, 6.45) is 2.58. The maximum Gasteiger partial charge on any atom is 0.243 e. The number of carbonyl (C=O) groups is 2. The Morgan fingerprint density at radius 1 is 0.964 bits per heavy atom. The van der Waals surface area contributed by atoms with Crippen molar-refractivity contribution in [1.82, 2.24) is 10.2 Å². The summed E-state index contributed by atoms with van der Waals surface area (Å²) in [6.45, 7) is 7.12. The molecule has 0 bridgehead atoms. The van der Waals surface area contributed by atoms with Crippen LogP contribution in [0, 0.1) is 6.92 Å². The van der Waals surface area contributed by atoms with Crippen LogP contribution in [0.25, 0.3) is 0 Å². The van der Waals surface area contributed by atoms with E-state index in [9.17, 15) is 9.59 Å².